The van der Waals surface area contributed by atoms with E-state index in [4.69, 9.17) is 42.6 Å². The van der Waals surface area contributed by atoms with Crippen LogP contribution in [0, 0.1) is 5.82 Å². The number of benzene rings is 2. The Kier molecular flexibility index (Phi) is 7.01. The SMILES string of the molecule is O=C(O)c1ccc(-c2csc(N3C4CCC3CC(OCc3c(-c5c(Cl)cccc5Cl)noc3C3CC3)C4)n2)c(F)c1. The van der Waals surface area contributed by atoms with Gasteiger partial charge in [0.05, 0.1) is 34.0 Å². The second-order valence-electron chi connectivity index (χ2n) is 11.0. The molecule has 0 spiro atoms. The molecular formula is C30H26Cl2FN3O4S. The lowest BCUT2D eigenvalue weighted by atomic mass is 10.00. The number of aromatic nitrogens is 2. The Morgan fingerprint density at radius 3 is 2.51 bits per heavy atom. The van der Waals surface area contributed by atoms with E-state index in [1.54, 1.807) is 12.1 Å². The van der Waals surface area contributed by atoms with Crippen LogP contribution in [0.2, 0.25) is 10.0 Å². The van der Waals surface area contributed by atoms with Crippen molar-refractivity contribution in [2.75, 3.05) is 4.90 Å². The van der Waals surface area contributed by atoms with Gasteiger partial charge in [0, 0.05) is 40.1 Å². The molecule has 11 heteroatoms. The molecule has 2 saturated heterocycles. The molecule has 1 N–H and O–H groups in total. The Morgan fingerprint density at radius 1 is 1.12 bits per heavy atom. The number of hydrogen-bond acceptors (Lipinski definition) is 7. The number of nitrogens with zero attached hydrogens (tertiary/aromatic N) is 3. The molecule has 4 aromatic rings. The molecule has 0 amide bonds. The van der Waals surface area contributed by atoms with Crippen molar-refractivity contribution in [2.45, 2.75) is 69.2 Å². The number of thiazole rings is 1. The fourth-order valence-electron chi connectivity index (χ4n) is 6.19. The number of carboxylic acid groups (broad SMARTS) is 1. The molecule has 2 atom stereocenters. The number of carboxylic acids is 1. The number of rotatable bonds is 8. The fraction of sp³-hybridized carbons (Fsp3) is 0.367. The van der Waals surface area contributed by atoms with E-state index in [-0.39, 0.29) is 23.8 Å². The van der Waals surface area contributed by atoms with Gasteiger partial charge in [-0.15, -0.1) is 11.3 Å². The molecule has 2 aromatic carbocycles. The van der Waals surface area contributed by atoms with Gasteiger partial charge < -0.3 is 19.3 Å². The molecule has 1 saturated carbocycles. The first-order valence-corrected chi connectivity index (χ1v) is 15.3. The first kappa shape index (κ1) is 26.9. The first-order chi connectivity index (χ1) is 19.9. The average Bonchev–Trinajstić information content (AvgIpc) is 3.42. The van der Waals surface area contributed by atoms with Crippen LogP contribution in [0.3, 0.4) is 0 Å². The number of piperidine rings is 1. The highest BCUT2D eigenvalue weighted by molar-refractivity contribution is 7.14. The topological polar surface area (TPSA) is 88.7 Å². The standard InChI is InChI=1S/C30H26Cl2FN3O4S/c31-22-2-1-3-23(32)26(22)27-21(28(40-35-27)15-4-5-15)13-39-19-11-17-7-8-18(12-19)36(17)30-34-25(14-41-30)20-9-6-16(29(37)38)10-24(20)33/h1-3,6,9-10,14-15,17-19H,4-5,7-8,11-13H2,(H,37,38). The number of anilines is 1. The zero-order valence-corrected chi connectivity index (χ0v) is 24.2. The highest BCUT2D eigenvalue weighted by Crippen LogP contribution is 2.47. The molecule has 4 heterocycles. The van der Waals surface area contributed by atoms with Gasteiger partial charge in [-0.25, -0.2) is 14.2 Å². The monoisotopic (exact) mass is 613 g/mol. The Hall–Kier alpha value is -2.98. The summed E-state index contributed by atoms with van der Waals surface area (Å²) in [6.07, 6.45) is 6.03. The van der Waals surface area contributed by atoms with Crippen LogP contribution < -0.4 is 4.90 Å². The van der Waals surface area contributed by atoms with Crippen molar-refractivity contribution in [1.29, 1.82) is 0 Å². The zero-order chi connectivity index (χ0) is 28.2. The number of ether oxygens (including phenoxy) is 1. The molecule has 3 aliphatic rings. The van der Waals surface area contributed by atoms with Crippen LogP contribution in [0.4, 0.5) is 9.52 Å². The van der Waals surface area contributed by atoms with Crippen LogP contribution in [-0.2, 0) is 11.3 Å². The van der Waals surface area contributed by atoms with E-state index in [0.29, 0.717) is 45.1 Å². The van der Waals surface area contributed by atoms with Crippen LogP contribution >= 0.6 is 34.5 Å². The van der Waals surface area contributed by atoms with Crippen molar-refractivity contribution < 1.29 is 23.6 Å². The molecule has 7 rings (SSSR count). The van der Waals surface area contributed by atoms with E-state index in [1.165, 1.54) is 23.5 Å². The summed E-state index contributed by atoms with van der Waals surface area (Å²) in [5, 5.41) is 17.3. The number of fused-ring (bicyclic) bond motifs is 2. The maximum Gasteiger partial charge on any atom is 0.335 e. The van der Waals surface area contributed by atoms with Crippen LogP contribution in [0.5, 0.6) is 0 Å². The summed E-state index contributed by atoms with van der Waals surface area (Å²) >= 11 is 14.5. The summed E-state index contributed by atoms with van der Waals surface area (Å²) in [7, 11) is 0. The minimum absolute atomic E-state index is 0.0701. The highest BCUT2D eigenvalue weighted by Gasteiger charge is 2.43. The van der Waals surface area contributed by atoms with E-state index in [9.17, 15) is 9.18 Å². The molecule has 41 heavy (non-hydrogen) atoms. The molecule has 2 aromatic heterocycles. The smallest absolute Gasteiger partial charge is 0.335 e. The van der Waals surface area contributed by atoms with Crippen molar-refractivity contribution in [1.82, 2.24) is 10.1 Å². The summed E-state index contributed by atoms with van der Waals surface area (Å²) < 4.78 is 27.0. The normalized spacial score (nSPS) is 21.9. The molecular weight excluding hydrogens is 588 g/mol. The van der Waals surface area contributed by atoms with E-state index >= 15 is 0 Å². The highest BCUT2D eigenvalue weighted by atomic mass is 35.5. The van der Waals surface area contributed by atoms with E-state index in [2.05, 4.69) is 10.1 Å². The van der Waals surface area contributed by atoms with Crippen molar-refractivity contribution in [3.63, 3.8) is 0 Å². The van der Waals surface area contributed by atoms with Gasteiger partial charge >= 0.3 is 5.97 Å². The van der Waals surface area contributed by atoms with Gasteiger partial charge in [0.25, 0.3) is 0 Å². The summed E-state index contributed by atoms with van der Waals surface area (Å²) in [4.78, 5) is 18.3. The van der Waals surface area contributed by atoms with Crippen LogP contribution in [0.1, 0.15) is 66.1 Å². The van der Waals surface area contributed by atoms with Gasteiger partial charge in [-0.3, -0.25) is 0 Å². The second-order valence-corrected chi connectivity index (χ2v) is 12.6. The molecule has 2 unspecified atom stereocenters. The van der Waals surface area contributed by atoms with Crippen LogP contribution in [0.15, 0.2) is 46.3 Å². The Bertz CT molecular complexity index is 1600. The minimum atomic E-state index is -1.16. The summed E-state index contributed by atoms with van der Waals surface area (Å²) in [6.45, 7) is 0.378. The number of carbonyl (C=O) groups is 1. The van der Waals surface area contributed by atoms with Crippen molar-refractivity contribution in [3.05, 3.63) is 74.5 Å². The predicted molar refractivity (Wildman–Crippen MR) is 156 cm³/mol. The largest absolute Gasteiger partial charge is 0.478 e. The minimum Gasteiger partial charge on any atom is -0.478 e. The van der Waals surface area contributed by atoms with E-state index in [1.807, 2.05) is 11.4 Å². The molecule has 2 aliphatic heterocycles. The third kappa shape index (κ3) is 5.03. The van der Waals surface area contributed by atoms with Gasteiger partial charge in [0.15, 0.2) is 5.13 Å². The molecule has 3 fully saturated rings. The zero-order valence-electron chi connectivity index (χ0n) is 21.9. The van der Waals surface area contributed by atoms with Gasteiger partial charge in [0.2, 0.25) is 0 Å². The quantitative estimate of drug-likeness (QED) is 0.214. The van der Waals surface area contributed by atoms with Gasteiger partial charge in [-0.1, -0.05) is 34.4 Å². The van der Waals surface area contributed by atoms with Crippen molar-refractivity contribution >= 4 is 45.6 Å². The Balaban J connectivity index is 1.07. The van der Waals surface area contributed by atoms with Crippen molar-refractivity contribution in [3.8, 4) is 22.5 Å². The van der Waals surface area contributed by atoms with Crippen molar-refractivity contribution in [2.24, 2.45) is 0 Å². The van der Waals surface area contributed by atoms with Crippen LogP contribution in [-0.4, -0.2) is 39.4 Å². The molecule has 2 bridgehead atoms. The van der Waals surface area contributed by atoms with Gasteiger partial charge in [0.1, 0.15) is 17.3 Å². The fourth-order valence-corrected chi connectivity index (χ4v) is 7.73. The van der Waals surface area contributed by atoms with Crippen LogP contribution in [0.25, 0.3) is 22.5 Å². The predicted octanol–water partition coefficient (Wildman–Crippen LogP) is 8.20. The molecule has 7 nitrogen and oxygen atoms in total. The second kappa shape index (κ2) is 10.7. The third-order valence-corrected chi connectivity index (χ3v) is 9.81. The number of hydrogen-bond donors (Lipinski definition) is 1. The van der Waals surface area contributed by atoms with E-state index < -0.39 is 11.8 Å². The lowest BCUT2D eigenvalue weighted by molar-refractivity contribution is 0.0147. The average molecular weight is 615 g/mol. The maximum absolute atomic E-state index is 14.7. The summed E-state index contributed by atoms with van der Waals surface area (Å²) in [6, 6.07) is 9.90. The number of aromatic carboxylic acids is 1. The molecule has 0 radical (unpaired) electrons. The molecule has 1 aliphatic carbocycles. The summed E-state index contributed by atoms with van der Waals surface area (Å²) in [5.74, 6) is -0.518. The Morgan fingerprint density at radius 2 is 1.85 bits per heavy atom. The number of halogens is 3. The van der Waals surface area contributed by atoms with Gasteiger partial charge in [-0.05, 0) is 68.9 Å². The molecule has 212 valence electrons. The van der Waals surface area contributed by atoms with E-state index in [0.717, 1.165) is 61.0 Å². The first-order valence-electron chi connectivity index (χ1n) is 13.7. The third-order valence-electron chi connectivity index (χ3n) is 8.32. The van der Waals surface area contributed by atoms with Gasteiger partial charge in [-0.2, -0.15) is 0 Å². The lowest BCUT2D eigenvalue weighted by Gasteiger charge is -2.38. The lowest BCUT2D eigenvalue weighted by Crippen LogP contribution is -2.45. The Labute approximate surface area is 249 Å². The summed E-state index contributed by atoms with van der Waals surface area (Å²) in [5.41, 5.74) is 2.99. The maximum atomic E-state index is 14.7.